The summed E-state index contributed by atoms with van der Waals surface area (Å²) in [7, 11) is 2.21. The fourth-order valence-corrected chi connectivity index (χ4v) is 3.73. The lowest BCUT2D eigenvalue weighted by Crippen LogP contribution is -2.49. The van der Waals surface area contributed by atoms with E-state index in [0.717, 1.165) is 24.5 Å². The summed E-state index contributed by atoms with van der Waals surface area (Å²) in [6.45, 7) is 9.20. The molecule has 0 spiro atoms. The van der Waals surface area contributed by atoms with Crippen molar-refractivity contribution >= 4 is 11.6 Å². The van der Waals surface area contributed by atoms with Gasteiger partial charge in [-0.25, -0.2) is 0 Å². The highest BCUT2D eigenvalue weighted by atomic mass is 35.5. The van der Waals surface area contributed by atoms with Crippen LogP contribution in [0.2, 0.25) is 5.02 Å². The number of hydrogen-bond donors (Lipinski definition) is 1. The minimum absolute atomic E-state index is 0.311. The third-order valence-corrected chi connectivity index (χ3v) is 5.87. The van der Waals surface area contributed by atoms with Crippen LogP contribution in [0.4, 0.5) is 0 Å². The molecule has 2 rings (SSSR count). The number of benzene rings is 1. The van der Waals surface area contributed by atoms with Gasteiger partial charge in [-0.05, 0) is 54.8 Å². The van der Waals surface area contributed by atoms with E-state index in [0.29, 0.717) is 23.3 Å². The number of nitrogens with two attached hydrogens (primary N) is 1. The molecule has 1 aliphatic rings. The van der Waals surface area contributed by atoms with Crippen molar-refractivity contribution in [2.45, 2.75) is 46.2 Å². The summed E-state index contributed by atoms with van der Waals surface area (Å²) in [5.41, 5.74) is 7.89. The summed E-state index contributed by atoms with van der Waals surface area (Å²) in [6.07, 6.45) is 2.40. The van der Waals surface area contributed by atoms with Gasteiger partial charge in [0, 0.05) is 24.2 Å². The Morgan fingerprint density at radius 2 is 1.86 bits per heavy atom. The third kappa shape index (κ3) is 4.00. The number of rotatable bonds is 4. The molecule has 1 aromatic rings. The second kappa shape index (κ2) is 6.68. The molecule has 21 heavy (non-hydrogen) atoms. The van der Waals surface area contributed by atoms with E-state index >= 15 is 0 Å². The molecule has 0 amide bonds. The van der Waals surface area contributed by atoms with Crippen LogP contribution in [0.25, 0.3) is 0 Å². The van der Waals surface area contributed by atoms with Crippen molar-refractivity contribution in [2.75, 3.05) is 13.6 Å². The summed E-state index contributed by atoms with van der Waals surface area (Å²) in [5, 5.41) is 0.803. The van der Waals surface area contributed by atoms with Gasteiger partial charge in [0.1, 0.15) is 0 Å². The Bertz CT molecular complexity index is 455. The number of halogens is 1. The molecule has 3 unspecified atom stereocenters. The molecular weight excluding hydrogens is 280 g/mol. The van der Waals surface area contributed by atoms with E-state index in [-0.39, 0.29) is 0 Å². The number of hydrogen-bond acceptors (Lipinski definition) is 2. The average Bonchev–Trinajstić information content (AvgIpc) is 2.43. The van der Waals surface area contributed by atoms with Gasteiger partial charge in [0.25, 0.3) is 0 Å². The van der Waals surface area contributed by atoms with Gasteiger partial charge in [-0.3, -0.25) is 0 Å². The third-order valence-electron chi connectivity index (χ3n) is 5.61. The molecule has 1 saturated carbocycles. The van der Waals surface area contributed by atoms with Crippen LogP contribution < -0.4 is 5.73 Å². The van der Waals surface area contributed by atoms with Gasteiger partial charge >= 0.3 is 0 Å². The first-order valence-electron chi connectivity index (χ1n) is 7.99. The van der Waals surface area contributed by atoms with E-state index in [9.17, 15) is 0 Å². The molecule has 2 N–H and O–H groups in total. The summed E-state index contributed by atoms with van der Waals surface area (Å²) < 4.78 is 0. The molecule has 0 aromatic heterocycles. The molecular formula is C18H29ClN2. The first-order chi connectivity index (χ1) is 9.80. The predicted octanol–water partition coefficient (Wildman–Crippen LogP) is 4.17. The maximum atomic E-state index is 6.26. The lowest BCUT2D eigenvalue weighted by Gasteiger charge is -2.48. The van der Waals surface area contributed by atoms with E-state index in [4.69, 9.17) is 17.3 Å². The lowest BCUT2D eigenvalue weighted by atomic mass is 9.61. The van der Waals surface area contributed by atoms with Crippen LogP contribution in [0.3, 0.4) is 0 Å². The summed E-state index contributed by atoms with van der Waals surface area (Å²) in [4.78, 5) is 2.43. The molecule has 3 heteroatoms. The van der Waals surface area contributed by atoms with E-state index in [1.807, 2.05) is 12.1 Å². The number of nitrogens with zero attached hydrogens (tertiary/aromatic N) is 1. The van der Waals surface area contributed by atoms with Gasteiger partial charge in [0.05, 0.1) is 0 Å². The zero-order valence-corrected chi connectivity index (χ0v) is 14.5. The quantitative estimate of drug-likeness (QED) is 0.904. The highest BCUT2D eigenvalue weighted by molar-refractivity contribution is 6.30. The van der Waals surface area contributed by atoms with Crippen molar-refractivity contribution < 1.29 is 0 Å². The second-order valence-electron chi connectivity index (χ2n) is 7.37. The minimum atomic E-state index is 0.311. The van der Waals surface area contributed by atoms with Crippen molar-refractivity contribution in [2.24, 2.45) is 23.0 Å². The first-order valence-corrected chi connectivity index (χ1v) is 8.37. The van der Waals surface area contributed by atoms with Gasteiger partial charge < -0.3 is 10.6 Å². The van der Waals surface area contributed by atoms with Crippen LogP contribution in [0, 0.1) is 17.3 Å². The molecule has 0 aliphatic heterocycles. The monoisotopic (exact) mass is 308 g/mol. The zero-order valence-electron chi connectivity index (χ0n) is 13.8. The molecule has 0 radical (unpaired) electrons. The van der Waals surface area contributed by atoms with Crippen LogP contribution >= 0.6 is 11.6 Å². The standard InChI is InChI=1S/C18H29ClN2/c1-13-17(20)10-7-15(18(13,2)3)12-21(4)11-14-5-8-16(19)9-6-14/h5-6,8-9,13,15,17H,7,10-12,20H2,1-4H3. The van der Waals surface area contributed by atoms with E-state index in [2.05, 4.69) is 44.9 Å². The van der Waals surface area contributed by atoms with Crippen LogP contribution in [0.1, 0.15) is 39.2 Å². The smallest absolute Gasteiger partial charge is 0.0406 e. The van der Waals surface area contributed by atoms with Crippen LogP contribution in [0.15, 0.2) is 24.3 Å². The van der Waals surface area contributed by atoms with Gasteiger partial charge in [0.15, 0.2) is 0 Å². The summed E-state index contributed by atoms with van der Waals surface area (Å²) in [5.74, 6) is 1.30. The van der Waals surface area contributed by atoms with Gasteiger partial charge in [-0.15, -0.1) is 0 Å². The van der Waals surface area contributed by atoms with E-state index < -0.39 is 0 Å². The molecule has 118 valence electrons. The molecule has 1 aromatic carbocycles. The average molecular weight is 309 g/mol. The van der Waals surface area contributed by atoms with Gasteiger partial charge in [0.2, 0.25) is 0 Å². The van der Waals surface area contributed by atoms with Gasteiger partial charge in [-0.2, -0.15) is 0 Å². The lowest BCUT2D eigenvalue weighted by molar-refractivity contribution is 0.0324. The maximum absolute atomic E-state index is 6.26. The normalized spacial score (nSPS) is 28.8. The van der Waals surface area contributed by atoms with Crippen LogP contribution in [0.5, 0.6) is 0 Å². The van der Waals surface area contributed by atoms with Crippen molar-refractivity contribution in [1.29, 1.82) is 0 Å². The molecule has 0 heterocycles. The van der Waals surface area contributed by atoms with Crippen molar-refractivity contribution in [1.82, 2.24) is 4.90 Å². The Balaban J connectivity index is 1.95. The summed E-state index contributed by atoms with van der Waals surface area (Å²) in [6, 6.07) is 8.53. The zero-order chi connectivity index (χ0) is 15.6. The fraction of sp³-hybridized carbons (Fsp3) is 0.667. The van der Waals surface area contributed by atoms with E-state index in [1.165, 1.54) is 12.0 Å². The molecule has 1 fully saturated rings. The predicted molar refractivity (Wildman–Crippen MR) is 91.4 cm³/mol. The highest BCUT2D eigenvalue weighted by Gasteiger charge is 2.41. The van der Waals surface area contributed by atoms with Crippen molar-refractivity contribution in [3.8, 4) is 0 Å². The molecule has 0 bridgehead atoms. The second-order valence-corrected chi connectivity index (χ2v) is 7.81. The fourth-order valence-electron chi connectivity index (χ4n) is 3.61. The van der Waals surface area contributed by atoms with Crippen LogP contribution in [-0.4, -0.2) is 24.5 Å². The van der Waals surface area contributed by atoms with Crippen LogP contribution in [-0.2, 0) is 6.54 Å². The van der Waals surface area contributed by atoms with Crippen molar-refractivity contribution in [3.05, 3.63) is 34.9 Å². The molecule has 3 atom stereocenters. The Kier molecular flexibility index (Phi) is 5.34. The Labute approximate surface area is 134 Å². The minimum Gasteiger partial charge on any atom is -0.327 e. The molecule has 1 aliphatic carbocycles. The van der Waals surface area contributed by atoms with E-state index in [1.54, 1.807) is 0 Å². The summed E-state index contributed by atoms with van der Waals surface area (Å²) >= 11 is 5.95. The van der Waals surface area contributed by atoms with Gasteiger partial charge in [-0.1, -0.05) is 44.5 Å². The Morgan fingerprint density at radius 3 is 2.48 bits per heavy atom. The molecule has 0 saturated heterocycles. The first kappa shape index (κ1) is 16.8. The SMILES string of the molecule is CC1C(N)CCC(CN(C)Cc2ccc(Cl)cc2)C1(C)C. The molecule has 2 nitrogen and oxygen atoms in total. The topological polar surface area (TPSA) is 29.3 Å². The Morgan fingerprint density at radius 1 is 1.24 bits per heavy atom. The van der Waals surface area contributed by atoms with Crippen molar-refractivity contribution in [3.63, 3.8) is 0 Å². The highest BCUT2D eigenvalue weighted by Crippen LogP contribution is 2.44. The maximum Gasteiger partial charge on any atom is 0.0406 e. The largest absolute Gasteiger partial charge is 0.327 e. The Hall–Kier alpha value is -0.570.